The van der Waals surface area contributed by atoms with Crippen molar-refractivity contribution in [2.75, 3.05) is 5.32 Å². The van der Waals surface area contributed by atoms with E-state index in [0.29, 0.717) is 5.13 Å². The average molecular weight is 249 g/mol. The first-order valence-electron chi connectivity index (χ1n) is 4.58. The lowest BCUT2D eigenvalue weighted by Crippen LogP contribution is -1.86. The Morgan fingerprint density at radius 3 is 2.75 bits per heavy atom. The predicted molar refractivity (Wildman–Crippen MR) is 66.7 cm³/mol. The minimum Gasteiger partial charge on any atom is -0.493 e. The van der Waals surface area contributed by atoms with Crippen molar-refractivity contribution in [1.82, 2.24) is 9.97 Å². The van der Waals surface area contributed by atoms with Crippen LogP contribution >= 0.6 is 22.7 Å². The van der Waals surface area contributed by atoms with Crippen LogP contribution in [0.4, 0.5) is 10.3 Å². The van der Waals surface area contributed by atoms with E-state index in [0.717, 1.165) is 15.3 Å². The van der Waals surface area contributed by atoms with E-state index in [2.05, 4.69) is 15.3 Å². The van der Waals surface area contributed by atoms with Gasteiger partial charge in [-0.05, 0) is 12.1 Å². The molecule has 2 heterocycles. The van der Waals surface area contributed by atoms with Crippen molar-refractivity contribution >= 4 is 43.2 Å². The topological polar surface area (TPSA) is 58.0 Å². The zero-order valence-corrected chi connectivity index (χ0v) is 9.68. The van der Waals surface area contributed by atoms with Gasteiger partial charge in [-0.25, -0.2) is 4.98 Å². The quantitative estimate of drug-likeness (QED) is 0.732. The van der Waals surface area contributed by atoms with Gasteiger partial charge in [0.25, 0.3) is 0 Å². The number of thiazole rings is 2. The second kappa shape index (κ2) is 3.73. The minimum absolute atomic E-state index is 0.0358. The summed E-state index contributed by atoms with van der Waals surface area (Å²) in [7, 11) is 0. The molecule has 6 heteroatoms. The van der Waals surface area contributed by atoms with Crippen LogP contribution in [0, 0.1) is 0 Å². The molecule has 0 spiro atoms. The van der Waals surface area contributed by atoms with Crippen LogP contribution in [0.1, 0.15) is 0 Å². The van der Waals surface area contributed by atoms with Gasteiger partial charge < -0.3 is 10.4 Å². The van der Waals surface area contributed by atoms with E-state index in [1.807, 2.05) is 24.3 Å². The van der Waals surface area contributed by atoms with Crippen LogP contribution in [0.3, 0.4) is 0 Å². The van der Waals surface area contributed by atoms with E-state index in [-0.39, 0.29) is 5.88 Å². The summed E-state index contributed by atoms with van der Waals surface area (Å²) >= 11 is 2.91. The largest absolute Gasteiger partial charge is 0.493 e. The van der Waals surface area contributed by atoms with E-state index >= 15 is 0 Å². The van der Waals surface area contributed by atoms with Crippen LogP contribution in [-0.4, -0.2) is 15.1 Å². The van der Waals surface area contributed by atoms with Crippen LogP contribution in [-0.2, 0) is 0 Å². The Kier molecular flexibility index (Phi) is 2.23. The smallest absolute Gasteiger partial charge is 0.223 e. The van der Waals surface area contributed by atoms with Crippen molar-refractivity contribution in [3.05, 3.63) is 29.6 Å². The standard InChI is InChI=1S/C10H7N3OS2/c14-8-5-15-9(12-8)13-10-11-6-3-1-2-4-7(6)16-10/h1-5,14H,(H,11,12,13). The SMILES string of the molecule is Oc1csc(Nc2nc3ccccc3s2)n1. The molecule has 0 bridgehead atoms. The number of aromatic nitrogens is 2. The summed E-state index contributed by atoms with van der Waals surface area (Å²) in [5.74, 6) is 0.0358. The van der Waals surface area contributed by atoms with E-state index in [4.69, 9.17) is 5.11 Å². The molecule has 0 aliphatic heterocycles. The third-order valence-corrected chi connectivity index (χ3v) is 3.70. The molecule has 0 aliphatic carbocycles. The normalized spacial score (nSPS) is 10.8. The highest BCUT2D eigenvalue weighted by molar-refractivity contribution is 7.22. The Morgan fingerprint density at radius 1 is 1.12 bits per heavy atom. The fourth-order valence-electron chi connectivity index (χ4n) is 1.34. The molecule has 3 aromatic rings. The van der Waals surface area contributed by atoms with Gasteiger partial charge in [0.2, 0.25) is 5.88 Å². The molecule has 0 unspecified atom stereocenters. The molecule has 16 heavy (non-hydrogen) atoms. The van der Waals surface area contributed by atoms with Crippen molar-refractivity contribution in [3.8, 4) is 5.88 Å². The maximum atomic E-state index is 9.11. The molecule has 0 saturated heterocycles. The monoisotopic (exact) mass is 249 g/mol. The summed E-state index contributed by atoms with van der Waals surface area (Å²) in [6.45, 7) is 0. The molecule has 3 rings (SSSR count). The van der Waals surface area contributed by atoms with Crippen molar-refractivity contribution in [2.45, 2.75) is 0 Å². The first kappa shape index (κ1) is 9.56. The van der Waals surface area contributed by atoms with Crippen molar-refractivity contribution in [2.24, 2.45) is 0 Å². The third-order valence-electron chi connectivity index (χ3n) is 2.00. The zero-order chi connectivity index (χ0) is 11.0. The van der Waals surface area contributed by atoms with E-state index in [9.17, 15) is 0 Å². The number of para-hydroxylation sites is 1. The van der Waals surface area contributed by atoms with Gasteiger partial charge in [-0.1, -0.05) is 23.5 Å². The molecule has 0 saturated carbocycles. The van der Waals surface area contributed by atoms with Crippen LogP contribution < -0.4 is 5.32 Å². The molecule has 0 radical (unpaired) electrons. The summed E-state index contributed by atoms with van der Waals surface area (Å²) < 4.78 is 1.13. The third kappa shape index (κ3) is 1.72. The lowest BCUT2D eigenvalue weighted by molar-refractivity contribution is 0.458. The van der Waals surface area contributed by atoms with Gasteiger partial charge in [-0.15, -0.1) is 11.3 Å². The van der Waals surface area contributed by atoms with Crippen molar-refractivity contribution < 1.29 is 5.11 Å². The number of rotatable bonds is 2. The lowest BCUT2D eigenvalue weighted by atomic mass is 10.3. The maximum Gasteiger partial charge on any atom is 0.223 e. The number of hydrogen-bond donors (Lipinski definition) is 2. The molecular formula is C10H7N3OS2. The molecule has 4 nitrogen and oxygen atoms in total. The molecule has 0 fully saturated rings. The Labute approximate surface area is 99.2 Å². The van der Waals surface area contributed by atoms with Gasteiger partial charge in [0, 0.05) is 0 Å². The first-order chi connectivity index (χ1) is 7.81. The Balaban J connectivity index is 1.95. The zero-order valence-electron chi connectivity index (χ0n) is 8.04. The number of nitrogens with zero attached hydrogens (tertiary/aromatic N) is 2. The Hall–Kier alpha value is -1.66. The van der Waals surface area contributed by atoms with Gasteiger partial charge in [0.15, 0.2) is 10.3 Å². The number of anilines is 2. The van der Waals surface area contributed by atoms with Crippen molar-refractivity contribution in [3.63, 3.8) is 0 Å². The highest BCUT2D eigenvalue weighted by Crippen LogP contribution is 2.29. The molecule has 1 aromatic carbocycles. The Bertz CT molecular complexity index is 599. The second-order valence-electron chi connectivity index (χ2n) is 3.12. The van der Waals surface area contributed by atoms with E-state index < -0.39 is 0 Å². The lowest BCUT2D eigenvalue weighted by Gasteiger charge is -1.93. The van der Waals surface area contributed by atoms with Gasteiger partial charge in [0.1, 0.15) is 0 Å². The van der Waals surface area contributed by atoms with Gasteiger partial charge in [-0.2, -0.15) is 4.98 Å². The number of nitrogens with one attached hydrogen (secondary N) is 1. The van der Waals surface area contributed by atoms with Crippen LogP contribution in [0.5, 0.6) is 5.88 Å². The second-order valence-corrected chi connectivity index (χ2v) is 5.01. The molecule has 2 aromatic heterocycles. The summed E-state index contributed by atoms with van der Waals surface area (Å²) in [4.78, 5) is 8.32. The van der Waals surface area contributed by atoms with E-state index in [1.165, 1.54) is 11.3 Å². The summed E-state index contributed by atoms with van der Waals surface area (Å²) in [6.07, 6.45) is 0. The summed E-state index contributed by atoms with van der Waals surface area (Å²) in [5, 5.41) is 15.2. The molecule has 0 atom stereocenters. The molecular weight excluding hydrogens is 242 g/mol. The molecule has 2 N–H and O–H groups in total. The number of fused-ring (bicyclic) bond motifs is 1. The number of aromatic hydroxyl groups is 1. The van der Waals surface area contributed by atoms with Crippen LogP contribution in [0.25, 0.3) is 10.2 Å². The van der Waals surface area contributed by atoms with Gasteiger partial charge >= 0.3 is 0 Å². The van der Waals surface area contributed by atoms with Crippen LogP contribution in [0.2, 0.25) is 0 Å². The fourth-order valence-corrected chi connectivity index (χ4v) is 2.84. The van der Waals surface area contributed by atoms with Crippen molar-refractivity contribution in [1.29, 1.82) is 0 Å². The van der Waals surface area contributed by atoms with Gasteiger partial charge in [0.05, 0.1) is 15.6 Å². The molecule has 80 valence electrons. The summed E-state index contributed by atoms with van der Waals surface area (Å²) in [6, 6.07) is 7.94. The highest BCUT2D eigenvalue weighted by Gasteiger charge is 2.05. The molecule has 0 aliphatic rings. The molecule has 0 amide bonds. The Morgan fingerprint density at radius 2 is 2.00 bits per heavy atom. The highest BCUT2D eigenvalue weighted by atomic mass is 32.1. The number of benzene rings is 1. The minimum atomic E-state index is 0.0358. The number of hydrogen-bond acceptors (Lipinski definition) is 6. The van der Waals surface area contributed by atoms with Crippen LogP contribution in [0.15, 0.2) is 29.6 Å². The predicted octanol–water partition coefficient (Wildman–Crippen LogP) is 3.20. The average Bonchev–Trinajstić information content (AvgIpc) is 2.84. The summed E-state index contributed by atoms with van der Waals surface area (Å²) in [5.41, 5.74) is 0.968. The van der Waals surface area contributed by atoms with E-state index in [1.54, 1.807) is 16.7 Å². The maximum absolute atomic E-state index is 9.11. The first-order valence-corrected chi connectivity index (χ1v) is 6.28. The van der Waals surface area contributed by atoms with Gasteiger partial charge in [-0.3, -0.25) is 0 Å². The fraction of sp³-hybridized carbons (Fsp3) is 0.